The van der Waals surface area contributed by atoms with Gasteiger partial charge in [-0.2, -0.15) is 12.6 Å². The molecular weight excluding hydrogens is 194 g/mol. The summed E-state index contributed by atoms with van der Waals surface area (Å²) in [4.78, 5) is 20.2. The lowest BCUT2D eigenvalue weighted by Gasteiger charge is -2.07. The Bertz CT molecular complexity index is 185. The predicted octanol–water partition coefficient (Wildman–Crippen LogP) is -0.176. The Kier molecular flexibility index (Phi) is 6.34. The van der Waals surface area contributed by atoms with Crippen molar-refractivity contribution in [2.45, 2.75) is 18.1 Å². The van der Waals surface area contributed by atoms with Crippen LogP contribution >= 0.6 is 12.6 Å². The Labute approximate surface area is 81.5 Å². The van der Waals surface area contributed by atoms with E-state index >= 15 is 0 Å². The SMILES string of the molecule is O=C(O)CCNCC(S)CC(=O)O. The number of aliphatic carboxylic acids is 2. The minimum Gasteiger partial charge on any atom is -0.481 e. The van der Waals surface area contributed by atoms with Crippen molar-refractivity contribution in [3.05, 3.63) is 0 Å². The van der Waals surface area contributed by atoms with Crippen LogP contribution in [0.4, 0.5) is 0 Å². The molecule has 0 spiro atoms. The number of hydrogen-bond donors (Lipinski definition) is 4. The van der Waals surface area contributed by atoms with Crippen molar-refractivity contribution in [1.29, 1.82) is 0 Å². The topological polar surface area (TPSA) is 86.6 Å². The van der Waals surface area contributed by atoms with E-state index < -0.39 is 11.9 Å². The van der Waals surface area contributed by atoms with Crippen molar-refractivity contribution >= 4 is 24.6 Å². The van der Waals surface area contributed by atoms with E-state index in [1.54, 1.807) is 0 Å². The molecule has 0 fully saturated rings. The minimum atomic E-state index is -0.903. The molecule has 0 saturated carbocycles. The lowest BCUT2D eigenvalue weighted by molar-refractivity contribution is -0.138. The fourth-order valence-electron chi connectivity index (χ4n) is 0.738. The lowest BCUT2D eigenvalue weighted by atomic mass is 10.3. The highest BCUT2D eigenvalue weighted by molar-refractivity contribution is 7.81. The summed E-state index contributed by atoms with van der Waals surface area (Å²) >= 11 is 4.00. The van der Waals surface area contributed by atoms with E-state index in [-0.39, 0.29) is 18.1 Å². The molecule has 1 atom stereocenters. The summed E-state index contributed by atoms with van der Waals surface area (Å²) in [6, 6.07) is 0. The summed E-state index contributed by atoms with van der Waals surface area (Å²) in [7, 11) is 0. The van der Waals surface area contributed by atoms with Crippen LogP contribution in [0.25, 0.3) is 0 Å². The van der Waals surface area contributed by atoms with Crippen LogP contribution in [0.2, 0.25) is 0 Å². The summed E-state index contributed by atoms with van der Waals surface area (Å²) < 4.78 is 0. The third kappa shape index (κ3) is 9.16. The molecule has 0 aromatic rings. The molecule has 3 N–H and O–H groups in total. The summed E-state index contributed by atoms with van der Waals surface area (Å²) in [6.07, 6.45) is 0.0107. The summed E-state index contributed by atoms with van der Waals surface area (Å²) in [6.45, 7) is 0.745. The molecule has 76 valence electrons. The van der Waals surface area contributed by atoms with Gasteiger partial charge in [-0.1, -0.05) is 0 Å². The average Bonchev–Trinajstić information content (AvgIpc) is 1.96. The molecule has 0 bridgehead atoms. The van der Waals surface area contributed by atoms with Crippen molar-refractivity contribution in [2.75, 3.05) is 13.1 Å². The zero-order valence-electron chi connectivity index (χ0n) is 7.06. The summed E-state index contributed by atoms with van der Waals surface area (Å²) in [5.41, 5.74) is 0. The van der Waals surface area contributed by atoms with Crippen LogP contribution in [0.3, 0.4) is 0 Å². The number of carbonyl (C=O) groups is 2. The maximum Gasteiger partial charge on any atom is 0.304 e. The first kappa shape index (κ1) is 12.2. The van der Waals surface area contributed by atoms with Crippen LogP contribution in [0.5, 0.6) is 0 Å². The zero-order chi connectivity index (χ0) is 10.3. The van der Waals surface area contributed by atoms with Crippen LogP contribution < -0.4 is 5.32 Å². The van der Waals surface area contributed by atoms with Crippen molar-refractivity contribution < 1.29 is 19.8 Å². The van der Waals surface area contributed by atoms with Crippen molar-refractivity contribution in [3.63, 3.8) is 0 Å². The van der Waals surface area contributed by atoms with Crippen LogP contribution in [-0.2, 0) is 9.59 Å². The van der Waals surface area contributed by atoms with E-state index in [4.69, 9.17) is 10.2 Å². The largest absolute Gasteiger partial charge is 0.481 e. The Morgan fingerprint density at radius 2 is 1.92 bits per heavy atom. The molecule has 0 rings (SSSR count). The average molecular weight is 207 g/mol. The number of rotatable bonds is 7. The third-order valence-electron chi connectivity index (χ3n) is 1.31. The molecule has 0 aliphatic carbocycles. The van der Waals surface area contributed by atoms with Gasteiger partial charge < -0.3 is 15.5 Å². The Balaban J connectivity index is 3.31. The highest BCUT2D eigenvalue weighted by Gasteiger charge is 2.07. The molecular formula is C7H13NO4S. The first-order valence-electron chi connectivity index (χ1n) is 3.84. The second kappa shape index (κ2) is 6.73. The predicted molar refractivity (Wildman–Crippen MR) is 50.1 cm³/mol. The van der Waals surface area contributed by atoms with Gasteiger partial charge in [0.15, 0.2) is 0 Å². The second-order valence-electron chi connectivity index (χ2n) is 2.60. The summed E-state index contributed by atoms with van der Waals surface area (Å²) in [5, 5.41) is 19.2. The van der Waals surface area contributed by atoms with E-state index in [1.807, 2.05) is 0 Å². The van der Waals surface area contributed by atoms with E-state index in [0.29, 0.717) is 13.1 Å². The van der Waals surface area contributed by atoms with E-state index in [2.05, 4.69) is 17.9 Å². The van der Waals surface area contributed by atoms with Gasteiger partial charge in [-0.15, -0.1) is 0 Å². The number of carboxylic acids is 2. The molecule has 0 saturated heterocycles. The lowest BCUT2D eigenvalue weighted by Crippen LogP contribution is -2.27. The molecule has 0 aliphatic rings. The Morgan fingerprint density at radius 3 is 2.38 bits per heavy atom. The quantitative estimate of drug-likeness (QED) is 0.344. The van der Waals surface area contributed by atoms with Crippen LogP contribution in [0.15, 0.2) is 0 Å². The van der Waals surface area contributed by atoms with Gasteiger partial charge in [0, 0.05) is 18.3 Å². The Morgan fingerprint density at radius 1 is 1.31 bits per heavy atom. The zero-order valence-corrected chi connectivity index (χ0v) is 7.96. The molecule has 0 amide bonds. The minimum absolute atomic E-state index is 0.0246. The molecule has 5 nitrogen and oxygen atoms in total. The highest BCUT2D eigenvalue weighted by Crippen LogP contribution is 1.98. The van der Waals surface area contributed by atoms with Gasteiger partial charge in [0.25, 0.3) is 0 Å². The maximum absolute atomic E-state index is 10.2. The first-order valence-corrected chi connectivity index (χ1v) is 4.36. The third-order valence-corrected chi connectivity index (χ3v) is 1.67. The van der Waals surface area contributed by atoms with E-state index in [1.165, 1.54) is 0 Å². The monoisotopic (exact) mass is 207 g/mol. The molecule has 0 aromatic heterocycles. The van der Waals surface area contributed by atoms with Gasteiger partial charge in [0.05, 0.1) is 12.8 Å². The molecule has 0 radical (unpaired) electrons. The molecule has 0 heterocycles. The van der Waals surface area contributed by atoms with Gasteiger partial charge in [0.1, 0.15) is 0 Å². The number of thiol groups is 1. The van der Waals surface area contributed by atoms with Crippen molar-refractivity contribution in [3.8, 4) is 0 Å². The number of hydrogen-bond acceptors (Lipinski definition) is 4. The standard InChI is InChI=1S/C7H13NO4S/c9-6(10)1-2-8-4-5(13)3-7(11)12/h5,8,13H,1-4H2,(H,9,10)(H,11,12). The van der Waals surface area contributed by atoms with Crippen molar-refractivity contribution in [2.24, 2.45) is 0 Å². The molecule has 0 aliphatic heterocycles. The van der Waals surface area contributed by atoms with Gasteiger partial charge in [-0.25, -0.2) is 0 Å². The maximum atomic E-state index is 10.2. The molecule has 13 heavy (non-hydrogen) atoms. The van der Waals surface area contributed by atoms with Crippen LogP contribution in [-0.4, -0.2) is 40.5 Å². The fourth-order valence-corrected chi connectivity index (χ4v) is 1.02. The smallest absolute Gasteiger partial charge is 0.304 e. The van der Waals surface area contributed by atoms with Crippen LogP contribution in [0, 0.1) is 0 Å². The van der Waals surface area contributed by atoms with Gasteiger partial charge >= 0.3 is 11.9 Å². The normalized spacial score (nSPS) is 12.4. The summed E-state index contributed by atoms with van der Waals surface area (Å²) in [5.74, 6) is -1.78. The van der Waals surface area contributed by atoms with E-state index in [0.717, 1.165) is 0 Å². The molecule has 1 unspecified atom stereocenters. The number of carboxylic acid groups (broad SMARTS) is 2. The van der Waals surface area contributed by atoms with Crippen molar-refractivity contribution in [1.82, 2.24) is 5.32 Å². The fraction of sp³-hybridized carbons (Fsp3) is 0.714. The Hall–Kier alpha value is -0.750. The van der Waals surface area contributed by atoms with Crippen LogP contribution in [0.1, 0.15) is 12.8 Å². The highest BCUT2D eigenvalue weighted by atomic mass is 32.1. The van der Waals surface area contributed by atoms with Gasteiger partial charge in [-0.3, -0.25) is 9.59 Å². The van der Waals surface area contributed by atoms with E-state index in [9.17, 15) is 9.59 Å². The molecule has 0 aromatic carbocycles. The first-order chi connectivity index (χ1) is 6.02. The molecule has 6 heteroatoms. The number of nitrogens with one attached hydrogen (secondary N) is 1. The van der Waals surface area contributed by atoms with Gasteiger partial charge in [0.2, 0.25) is 0 Å². The van der Waals surface area contributed by atoms with Gasteiger partial charge in [-0.05, 0) is 0 Å². The second-order valence-corrected chi connectivity index (χ2v) is 3.33.